The van der Waals surface area contributed by atoms with E-state index in [0.717, 1.165) is 4.70 Å². The lowest BCUT2D eigenvalue weighted by atomic mass is 10.1. The molecule has 0 aliphatic rings. The number of carbonyl (C=O) groups is 4. The zero-order valence-corrected chi connectivity index (χ0v) is 18.7. The Morgan fingerprint density at radius 1 is 0.667 bits per heavy atom. The fourth-order valence-corrected chi connectivity index (χ4v) is 4.04. The number of hydrogen-bond donors (Lipinski definition) is 2. The highest BCUT2D eigenvalue weighted by Crippen LogP contribution is 2.29. The van der Waals surface area contributed by atoms with E-state index in [0.29, 0.717) is 38.6 Å². The molecule has 0 bridgehead atoms. The summed E-state index contributed by atoms with van der Waals surface area (Å²) in [6, 6.07) is 18.1. The van der Waals surface area contributed by atoms with Gasteiger partial charge in [-0.25, -0.2) is 4.98 Å². The summed E-state index contributed by atoms with van der Waals surface area (Å²) in [6.45, 7) is 2.94. The number of nitrogens with zero attached hydrogens (tertiary/aromatic N) is 1. The average molecular weight is 458 g/mol. The maximum absolute atomic E-state index is 12.5. The number of rotatable bonds is 6. The highest BCUT2D eigenvalue weighted by molar-refractivity contribution is 7.22. The van der Waals surface area contributed by atoms with Crippen LogP contribution in [0.5, 0.6) is 0 Å². The van der Waals surface area contributed by atoms with E-state index in [1.165, 1.54) is 25.2 Å². The van der Waals surface area contributed by atoms with Crippen LogP contribution in [0.25, 0.3) is 10.2 Å². The third kappa shape index (κ3) is 5.02. The first-order chi connectivity index (χ1) is 15.8. The Morgan fingerprint density at radius 2 is 1.15 bits per heavy atom. The van der Waals surface area contributed by atoms with Crippen molar-refractivity contribution in [1.29, 1.82) is 0 Å². The molecule has 1 aromatic heterocycles. The molecule has 2 amide bonds. The molecule has 4 rings (SSSR count). The van der Waals surface area contributed by atoms with Crippen LogP contribution in [0.1, 0.15) is 55.3 Å². The van der Waals surface area contributed by atoms with Crippen molar-refractivity contribution in [3.63, 3.8) is 0 Å². The zero-order valence-electron chi connectivity index (χ0n) is 17.8. The summed E-state index contributed by atoms with van der Waals surface area (Å²) < 4.78 is 0.793. The summed E-state index contributed by atoms with van der Waals surface area (Å²) in [5.74, 6) is -0.749. The van der Waals surface area contributed by atoms with Crippen molar-refractivity contribution in [2.24, 2.45) is 0 Å². The van der Waals surface area contributed by atoms with E-state index in [1.54, 1.807) is 66.7 Å². The monoisotopic (exact) mass is 457 g/mol. The van der Waals surface area contributed by atoms with Crippen LogP contribution < -0.4 is 10.6 Å². The first-order valence-electron chi connectivity index (χ1n) is 10.1. The first-order valence-corrected chi connectivity index (χ1v) is 10.9. The lowest BCUT2D eigenvalue weighted by Gasteiger charge is -2.05. The number of thiazole rings is 1. The van der Waals surface area contributed by atoms with E-state index in [-0.39, 0.29) is 23.4 Å². The van der Waals surface area contributed by atoms with Gasteiger partial charge < -0.3 is 5.32 Å². The van der Waals surface area contributed by atoms with Crippen molar-refractivity contribution in [1.82, 2.24) is 4.98 Å². The van der Waals surface area contributed by atoms with Gasteiger partial charge in [0, 0.05) is 27.9 Å². The second-order valence-corrected chi connectivity index (χ2v) is 8.41. The molecule has 0 unspecified atom stereocenters. The second kappa shape index (κ2) is 9.13. The smallest absolute Gasteiger partial charge is 0.257 e. The van der Waals surface area contributed by atoms with Gasteiger partial charge in [0.15, 0.2) is 16.7 Å². The van der Waals surface area contributed by atoms with Gasteiger partial charge in [-0.3, -0.25) is 24.5 Å². The minimum absolute atomic E-state index is 0.0615. The second-order valence-electron chi connectivity index (χ2n) is 7.38. The minimum atomic E-state index is -0.327. The first kappa shape index (κ1) is 22.0. The number of aromatic nitrogens is 1. The molecule has 3 aromatic carbocycles. The van der Waals surface area contributed by atoms with Crippen LogP contribution in [0, 0.1) is 0 Å². The Balaban J connectivity index is 1.46. The fourth-order valence-electron chi connectivity index (χ4n) is 3.14. The molecular weight excluding hydrogens is 438 g/mol. The van der Waals surface area contributed by atoms with Gasteiger partial charge in [-0.2, -0.15) is 0 Å². The molecular formula is C25H19N3O4S. The van der Waals surface area contributed by atoms with Gasteiger partial charge in [0.05, 0.1) is 10.2 Å². The number of amides is 2. The summed E-state index contributed by atoms with van der Waals surface area (Å²) in [6.07, 6.45) is 0. The van der Waals surface area contributed by atoms with Crippen LogP contribution in [0.4, 0.5) is 10.8 Å². The van der Waals surface area contributed by atoms with Crippen LogP contribution in [0.2, 0.25) is 0 Å². The molecule has 2 N–H and O–H groups in total. The number of ketones is 2. The molecule has 0 radical (unpaired) electrons. The van der Waals surface area contributed by atoms with Gasteiger partial charge in [-0.1, -0.05) is 35.6 Å². The molecule has 0 aliphatic carbocycles. The topological polar surface area (TPSA) is 105 Å². The molecule has 1 heterocycles. The number of benzene rings is 3. The van der Waals surface area contributed by atoms with E-state index in [2.05, 4.69) is 15.6 Å². The van der Waals surface area contributed by atoms with E-state index >= 15 is 0 Å². The number of anilines is 2. The predicted octanol–water partition coefficient (Wildman–Crippen LogP) is 5.21. The van der Waals surface area contributed by atoms with Gasteiger partial charge in [0.25, 0.3) is 11.8 Å². The van der Waals surface area contributed by atoms with E-state index in [9.17, 15) is 19.2 Å². The molecule has 0 fully saturated rings. The van der Waals surface area contributed by atoms with E-state index < -0.39 is 0 Å². The number of nitrogens with one attached hydrogen (secondary N) is 2. The number of fused-ring (bicyclic) bond motifs is 1. The summed E-state index contributed by atoms with van der Waals surface area (Å²) in [5, 5.41) is 6.02. The van der Waals surface area contributed by atoms with Crippen molar-refractivity contribution in [3.8, 4) is 0 Å². The van der Waals surface area contributed by atoms with E-state index in [1.807, 2.05) is 0 Å². The Labute approximate surface area is 193 Å². The number of hydrogen-bond acceptors (Lipinski definition) is 6. The fraction of sp³-hybridized carbons (Fsp3) is 0.0800. The molecule has 33 heavy (non-hydrogen) atoms. The zero-order chi connectivity index (χ0) is 23.5. The van der Waals surface area contributed by atoms with Crippen molar-refractivity contribution in [2.45, 2.75) is 13.8 Å². The maximum atomic E-state index is 12.5. The number of carbonyl (C=O) groups excluding carboxylic acids is 4. The van der Waals surface area contributed by atoms with Crippen LogP contribution >= 0.6 is 11.3 Å². The summed E-state index contributed by atoms with van der Waals surface area (Å²) in [7, 11) is 0. The molecule has 0 saturated heterocycles. The Bertz CT molecular complexity index is 1320. The normalized spacial score (nSPS) is 10.6. The van der Waals surface area contributed by atoms with Gasteiger partial charge in [-0.15, -0.1) is 0 Å². The molecule has 8 heteroatoms. The average Bonchev–Trinajstić information content (AvgIpc) is 3.20. The van der Waals surface area contributed by atoms with Crippen molar-refractivity contribution < 1.29 is 19.2 Å². The highest BCUT2D eigenvalue weighted by Gasteiger charge is 2.12. The van der Waals surface area contributed by atoms with Crippen LogP contribution in [0.15, 0.2) is 66.7 Å². The third-order valence-corrected chi connectivity index (χ3v) is 5.91. The SMILES string of the molecule is CC(=O)c1ccc(C(=O)Nc2ccc3nc(NC(=O)c4ccc(C(C)=O)cc4)sc3c2)cc1. The quantitative estimate of drug-likeness (QED) is 0.387. The molecule has 0 atom stereocenters. The van der Waals surface area contributed by atoms with Gasteiger partial charge in [0.1, 0.15) is 0 Å². The van der Waals surface area contributed by atoms with E-state index in [4.69, 9.17) is 0 Å². The van der Waals surface area contributed by atoms with Crippen LogP contribution in [-0.4, -0.2) is 28.4 Å². The molecule has 164 valence electrons. The van der Waals surface area contributed by atoms with Gasteiger partial charge in [-0.05, 0) is 56.3 Å². The highest BCUT2D eigenvalue weighted by atomic mass is 32.1. The lowest BCUT2D eigenvalue weighted by Crippen LogP contribution is -2.11. The van der Waals surface area contributed by atoms with Crippen molar-refractivity contribution in [3.05, 3.63) is 89.0 Å². The van der Waals surface area contributed by atoms with Crippen molar-refractivity contribution in [2.75, 3.05) is 10.6 Å². The maximum Gasteiger partial charge on any atom is 0.257 e. The van der Waals surface area contributed by atoms with Crippen LogP contribution in [0.3, 0.4) is 0 Å². The summed E-state index contributed by atoms with van der Waals surface area (Å²) >= 11 is 1.28. The Hall–Kier alpha value is -4.17. The molecule has 0 aliphatic heterocycles. The molecule has 4 aromatic rings. The third-order valence-electron chi connectivity index (χ3n) is 4.97. The summed E-state index contributed by atoms with van der Waals surface area (Å²) in [5.41, 5.74) is 3.21. The summed E-state index contributed by atoms with van der Waals surface area (Å²) in [4.78, 5) is 52.2. The predicted molar refractivity (Wildman–Crippen MR) is 128 cm³/mol. The van der Waals surface area contributed by atoms with Crippen molar-refractivity contribution >= 4 is 55.8 Å². The standard InChI is InChI=1S/C25H19N3O4S/c1-14(29)16-3-7-18(8-4-16)23(31)26-20-11-12-21-22(13-20)33-25(27-21)28-24(32)19-9-5-17(6-10-19)15(2)30/h3-13H,1-2H3,(H,26,31)(H,27,28,32). The molecule has 0 saturated carbocycles. The number of Topliss-reactive ketones (excluding diaryl/α,β-unsaturated/α-hetero) is 2. The Morgan fingerprint density at radius 3 is 1.67 bits per heavy atom. The van der Waals surface area contributed by atoms with Gasteiger partial charge >= 0.3 is 0 Å². The lowest BCUT2D eigenvalue weighted by molar-refractivity contribution is 0.100. The molecule has 0 spiro atoms. The Kier molecular flexibility index (Phi) is 6.10. The molecule has 7 nitrogen and oxygen atoms in total. The van der Waals surface area contributed by atoms with Crippen LogP contribution in [-0.2, 0) is 0 Å². The van der Waals surface area contributed by atoms with Gasteiger partial charge in [0.2, 0.25) is 0 Å². The minimum Gasteiger partial charge on any atom is -0.322 e. The largest absolute Gasteiger partial charge is 0.322 e.